The van der Waals surface area contributed by atoms with Crippen molar-refractivity contribution in [1.29, 1.82) is 0 Å². The lowest BCUT2D eigenvalue weighted by atomic mass is 9.97. The van der Waals surface area contributed by atoms with E-state index in [-0.39, 0.29) is 12.6 Å². The molecular formula is C15H20ClN3O5S2. The number of hydrogen-bond donors (Lipinski definition) is 1. The number of nitrogens with one attached hydrogen (secondary N) is 1. The zero-order valence-corrected chi connectivity index (χ0v) is 17.2. The second-order valence-electron chi connectivity index (χ2n) is 7.05. The molecule has 0 aliphatic carbocycles. The van der Waals surface area contributed by atoms with Crippen molar-refractivity contribution in [3.05, 3.63) is 21.3 Å². The highest BCUT2D eigenvalue weighted by atomic mass is 35.5. The molecule has 11 heteroatoms. The van der Waals surface area contributed by atoms with E-state index in [2.05, 4.69) is 10.3 Å². The number of guanidine groups is 1. The van der Waals surface area contributed by atoms with Crippen molar-refractivity contribution in [2.75, 3.05) is 13.7 Å². The molecule has 2 aliphatic rings. The minimum Gasteiger partial charge on any atom is -0.444 e. The molecule has 1 amide bonds. The molecule has 0 radical (unpaired) electrons. The Bertz CT molecular complexity index is 861. The second kappa shape index (κ2) is 6.36. The van der Waals surface area contributed by atoms with Gasteiger partial charge in [-0.25, -0.2) is 22.5 Å². The van der Waals surface area contributed by atoms with Crippen LogP contribution >= 0.6 is 22.9 Å². The number of halogens is 1. The number of amides is 1. The lowest BCUT2D eigenvalue weighted by Gasteiger charge is -2.38. The maximum Gasteiger partial charge on any atom is 0.414 e. The Balaban J connectivity index is 2.06. The first-order chi connectivity index (χ1) is 12.0. The molecule has 1 saturated heterocycles. The summed E-state index contributed by atoms with van der Waals surface area (Å²) in [7, 11) is -2.61. The molecule has 2 aliphatic heterocycles. The number of ether oxygens (including phenoxy) is 2. The van der Waals surface area contributed by atoms with Crippen molar-refractivity contribution in [3.8, 4) is 0 Å². The average molecular weight is 422 g/mol. The number of carbonyl (C=O) groups excluding carboxylic acids is 1. The fourth-order valence-corrected chi connectivity index (χ4v) is 6.07. The van der Waals surface area contributed by atoms with Gasteiger partial charge in [-0.3, -0.25) is 5.32 Å². The highest BCUT2D eigenvalue weighted by Gasteiger charge is 2.59. The maximum atomic E-state index is 13.0. The first-order valence-electron chi connectivity index (χ1n) is 7.90. The first kappa shape index (κ1) is 19.4. The Morgan fingerprint density at radius 3 is 2.81 bits per heavy atom. The zero-order chi connectivity index (χ0) is 19.3. The molecular weight excluding hydrogens is 402 g/mol. The van der Waals surface area contributed by atoms with Gasteiger partial charge in [0.05, 0.1) is 16.5 Å². The maximum absolute atomic E-state index is 13.0. The Morgan fingerprint density at radius 1 is 1.54 bits per heavy atom. The Kier molecular flexibility index (Phi) is 4.75. The van der Waals surface area contributed by atoms with Crippen LogP contribution in [0.2, 0.25) is 5.02 Å². The van der Waals surface area contributed by atoms with Crippen molar-refractivity contribution in [2.45, 2.75) is 43.8 Å². The first-order valence-corrected chi connectivity index (χ1v) is 10.7. The number of carbonyl (C=O) groups is 1. The fourth-order valence-electron chi connectivity index (χ4n) is 2.92. The lowest BCUT2D eigenvalue weighted by molar-refractivity contribution is 0.0557. The fraction of sp³-hybridized carbons (Fsp3) is 0.600. The number of aliphatic imine (C=N–C) groups is 1. The van der Waals surface area contributed by atoms with Crippen LogP contribution in [0.25, 0.3) is 0 Å². The van der Waals surface area contributed by atoms with Crippen LogP contribution in [0.4, 0.5) is 4.79 Å². The quantitative estimate of drug-likeness (QED) is 0.751. The molecule has 3 rings (SSSR count). The van der Waals surface area contributed by atoms with Gasteiger partial charge in [0.1, 0.15) is 11.1 Å². The summed E-state index contributed by atoms with van der Waals surface area (Å²) in [5.41, 5.74) is -3.12. The number of sulfonamides is 1. The molecule has 0 spiro atoms. The third-order valence-electron chi connectivity index (χ3n) is 4.02. The number of fused-ring (bicyclic) bond motifs is 1. The van der Waals surface area contributed by atoms with E-state index < -0.39 is 32.7 Å². The average Bonchev–Trinajstić information content (AvgIpc) is 3.10. The lowest BCUT2D eigenvalue weighted by Crippen LogP contribution is -2.57. The van der Waals surface area contributed by atoms with Crippen LogP contribution in [-0.2, 0) is 25.0 Å². The Labute approximate surface area is 161 Å². The highest BCUT2D eigenvalue weighted by Crippen LogP contribution is 2.49. The monoisotopic (exact) mass is 421 g/mol. The SMILES string of the molecule is CN1C(NC(=O)OC(C)(C)C)=N[C@@]2(c3sccc3Cl)CCOC2S1(=O)=O. The van der Waals surface area contributed by atoms with E-state index in [4.69, 9.17) is 21.1 Å². The van der Waals surface area contributed by atoms with Gasteiger partial charge >= 0.3 is 6.09 Å². The summed E-state index contributed by atoms with van der Waals surface area (Å²) >= 11 is 7.58. The topological polar surface area (TPSA) is 97.3 Å². The molecule has 2 atom stereocenters. The molecule has 1 fully saturated rings. The summed E-state index contributed by atoms with van der Waals surface area (Å²) in [6.45, 7) is 5.35. The molecule has 0 bridgehead atoms. The molecule has 1 unspecified atom stereocenters. The van der Waals surface area contributed by atoms with E-state index in [1.807, 2.05) is 0 Å². The molecule has 0 aromatic carbocycles. The molecule has 1 aromatic rings. The van der Waals surface area contributed by atoms with E-state index in [0.717, 1.165) is 4.31 Å². The van der Waals surface area contributed by atoms with Gasteiger partial charge in [0.25, 0.3) is 10.0 Å². The Morgan fingerprint density at radius 2 is 2.23 bits per heavy atom. The van der Waals surface area contributed by atoms with Crippen LogP contribution < -0.4 is 5.32 Å². The van der Waals surface area contributed by atoms with Crippen molar-refractivity contribution in [3.63, 3.8) is 0 Å². The second-order valence-corrected chi connectivity index (χ2v) is 10.4. The van der Waals surface area contributed by atoms with Gasteiger partial charge in [-0.05, 0) is 32.2 Å². The van der Waals surface area contributed by atoms with Crippen molar-refractivity contribution in [2.24, 2.45) is 4.99 Å². The van der Waals surface area contributed by atoms with Gasteiger partial charge < -0.3 is 9.47 Å². The predicted molar refractivity (Wildman–Crippen MR) is 98.9 cm³/mol. The minimum absolute atomic E-state index is 0.120. The normalized spacial score (nSPS) is 27.7. The number of hydrogen-bond acceptors (Lipinski definition) is 7. The van der Waals surface area contributed by atoms with Crippen LogP contribution in [0.5, 0.6) is 0 Å². The van der Waals surface area contributed by atoms with Crippen molar-refractivity contribution in [1.82, 2.24) is 9.62 Å². The van der Waals surface area contributed by atoms with Crippen molar-refractivity contribution >= 4 is 45.0 Å². The molecule has 1 N–H and O–H groups in total. The van der Waals surface area contributed by atoms with Crippen molar-refractivity contribution < 1.29 is 22.7 Å². The van der Waals surface area contributed by atoms with Gasteiger partial charge in [0.2, 0.25) is 11.4 Å². The van der Waals surface area contributed by atoms with Gasteiger partial charge in [0, 0.05) is 13.5 Å². The molecule has 3 heterocycles. The number of thiophene rings is 1. The molecule has 144 valence electrons. The highest BCUT2D eigenvalue weighted by molar-refractivity contribution is 7.90. The molecule has 26 heavy (non-hydrogen) atoms. The number of rotatable bonds is 1. The third-order valence-corrected chi connectivity index (χ3v) is 7.53. The number of alkyl carbamates (subject to hydrolysis) is 1. The van der Waals surface area contributed by atoms with E-state index in [0.29, 0.717) is 16.3 Å². The van der Waals surface area contributed by atoms with E-state index in [9.17, 15) is 13.2 Å². The van der Waals surface area contributed by atoms with E-state index in [1.165, 1.54) is 18.4 Å². The summed E-state index contributed by atoms with van der Waals surface area (Å²) in [5, 5.41) is 4.63. The van der Waals surface area contributed by atoms with Gasteiger partial charge in [-0.15, -0.1) is 11.3 Å². The zero-order valence-electron chi connectivity index (χ0n) is 14.8. The minimum atomic E-state index is -3.92. The van der Waals surface area contributed by atoms with Gasteiger partial charge in [-0.1, -0.05) is 11.6 Å². The van der Waals surface area contributed by atoms with Crippen LogP contribution in [0.1, 0.15) is 32.1 Å². The van der Waals surface area contributed by atoms with Crippen LogP contribution in [0, 0.1) is 0 Å². The van der Waals surface area contributed by atoms with Crippen LogP contribution in [-0.4, -0.2) is 49.5 Å². The van der Waals surface area contributed by atoms with Crippen LogP contribution in [0.15, 0.2) is 16.4 Å². The summed E-state index contributed by atoms with van der Waals surface area (Å²) in [5.74, 6) is -0.120. The summed E-state index contributed by atoms with van der Waals surface area (Å²) in [6.07, 6.45) is -0.451. The largest absolute Gasteiger partial charge is 0.444 e. The standard InChI is InChI=1S/C15H20ClN3O5S2/c1-14(2,3)24-13(20)17-12-18-15(10-9(16)5-8-25-10)6-7-23-11(15)26(21,22)19(12)4/h5,8,11H,6-7H2,1-4H3,(H,17,18,20)/t11?,15-/m1/s1. The summed E-state index contributed by atoms with van der Waals surface area (Å²) < 4.78 is 37.6. The van der Waals surface area contributed by atoms with E-state index in [1.54, 1.807) is 32.2 Å². The molecule has 0 saturated carbocycles. The van der Waals surface area contributed by atoms with E-state index >= 15 is 0 Å². The smallest absolute Gasteiger partial charge is 0.414 e. The third kappa shape index (κ3) is 3.19. The Hall–Kier alpha value is -1.36. The number of nitrogens with zero attached hydrogens (tertiary/aromatic N) is 2. The predicted octanol–water partition coefficient (Wildman–Crippen LogP) is 2.50. The molecule has 1 aromatic heterocycles. The summed E-state index contributed by atoms with van der Waals surface area (Å²) in [4.78, 5) is 17.3. The van der Waals surface area contributed by atoms with Gasteiger partial charge in [-0.2, -0.15) is 0 Å². The van der Waals surface area contributed by atoms with Crippen LogP contribution in [0.3, 0.4) is 0 Å². The van der Waals surface area contributed by atoms with Gasteiger partial charge in [0.15, 0.2) is 0 Å². The summed E-state index contributed by atoms with van der Waals surface area (Å²) in [6, 6.07) is 1.69. The molecule has 8 nitrogen and oxygen atoms in total.